The minimum Gasteiger partial charge on any atom is -0.374 e. The van der Waals surface area contributed by atoms with Crippen molar-refractivity contribution < 1.29 is 9.59 Å². The van der Waals surface area contributed by atoms with Crippen LogP contribution in [0.5, 0.6) is 0 Å². The van der Waals surface area contributed by atoms with Gasteiger partial charge >= 0.3 is 0 Å². The molecule has 16 heavy (non-hydrogen) atoms. The van der Waals surface area contributed by atoms with Crippen LogP contribution in [0, 0.1) is 5.41 Å². The maximum Gasteiger partial charge on any atom is 0.282 e. The van der Waals surface area contributed by atoms with Gasteiger partial charge < -0.3 is 16.8 Å². The van der Waals surface area contributed by atoms with Gasteiger partial charge in [0.25, 0.3) is 5.91 Å². The predicted octanol–water partition coefficient (Wildman–Crippen LogP) is -0.638. The number of primary amides is 1. The van der Waals surface area contributed by atoms with E-state index in [4.69, 9.17) is 11.5 Å². The molecule has 0 saturated heterocycles. The van der Waals surface area contributed by atoms with Crippen LogP contribution in [0.1, 0.15) is 23.6 Å². The van der Waals surface area contributed by atoms with E-state index >= 15 is 0 Å². The maximum absolute atomic E-state index is 11.5. The van der Waals surface area contributed by atoms with Crippen molar-refractivity contribution in [2.45, 2.75) is 13.8 Å². The first-order valence-electron chi connectivity index (χ1n) is 4.50. The number of hydrogen-bond donors (Lipinski definition) is 3. The fourth-order valence-corrected chi connectivity index (χ4v) is 1.32. The quantitative estimate of drug-likeness (QED) is 0.649. The van der Waals surface area contributed by atoms with Crippen LogP contribution in [0.2, 0.25) is 0 Å². The Morgan fingerprint density at radius 3 is 2.50 bits per heavy atom. The van der Waals surface area contributed by atoms with E-state index in [1.807, 2.05) is 0 Å². The number of nitrogens with two attached hydrogens (primary N) is 2. The lowest BCUT2D eigenvalue weighted by Gasteiger charge is -2.20. The molecule has 2 amide bonds. The summed E-state index contributed by atoms with van der Waals surface area (Å²) in [6.45, 7) is 3.43. The number of carbonyl (C=O) groups excluding carboxylic acids is 2. The monoisotopic (exact) mass is 243 g/mol. The van der Waals surface area contributed by atoms with Gasteiger partial charge in [-0.15, -0.1) is 10.2 Å². The Morgan fingerprint density at radius 1 is 1.44 bits per heavy atom. The maximum atomic E-state index is 11.5. The van der Waals surface area contributed by atoms with E-state index in [0.29, 0.717) is 0 Å². The topological polar surface area (TPSA) is 124 Å². The van der Waals surface area contributed by atoms with Crippen molar-refractivity contribution in [1.82, 2.24) is 15.5 Å². The number of aromatic nitrogens is 2. The SMILES string of the molecule is CC(C)(CNC(=O)c1nnc(N)s1)C(N)=O. The van der Waals surface area contributed by atoms with Crippen molar-refractivity contribution in [2.75, 3.05) is 12.3 Å². The van der Waals surface area contributed by atoms with Gasteiger partial charge in [-0.2, -0.15) is 0 Å². The molecule has 0 atom stereocenters. The average Bonchev–Trinajstić information content (AvgIpc) is 2.61. The first kappa shape index (κ1) is 12.4. The second-order valence-electron chi connectivity index (χ2n) is 3.88. The molecule has 1 rings (SSSR count). The first-order valence-corrected chi connectivity index (χ1v) is 5.31. The van der Waals surface area contributed by atoms with Crippen molar-refractivity contribution in [3.8, 4) is 0 Å². The summed E-state index contributed by atoms with van der Waals surface area (Å²) in [5.74, 6) is -0.895. The fourth-order valence-electron chi connectivity index (χ4n) is 0.790. The second kappa shape index (κ2) is 4.44. The van der Waals surface area contributed by atoms with E-state index in [1.165, 1.54) is 0 Å². The molecule has 0 aliphatic rings. The molecule has 1 aromatic rings. The molecule has 0 fully saturated rings. The molecule has 7 nitrogen and oxygen atoms in total. The zero-order valence-electron chi connectivity index (χ0n) is 8.98. The highest BCUT2D eigenvalue weighted by Gasteiger charge is 2.26. The van der Waals surface area contributed by atoms with E-state index in [2.05, 4.69) is 15.5 Å². The van der Waals surface area contributed by atoms with E-state index in [1.54, 1.807) is 13.8 Å². The third-order valence-electron chi connectivity index (χ3n) is 1.99. The van der Waals surface area contributed by atoms with Crippen molar-refractivity contribution >= 4 is 28.3 Å². The van der Waals surface area contributed by atoms with Crippen molar-refractivity contribution in [2.24, 2.45) is 11.1 Å². The minimum absolute atomic E-state index is 0.140. The van der Waals surface area contributed by atoms with Crippen LogP contribution in [-0.2, 0) is 4.79 Å². The number of carbonyl (C=O) groups is 2. The van der Waals surface area contributed by atoms with Crippen molar-refractivity contribution in [3.05, 3.63) is 5.01 Å². The van der Waals surface area contributed by atoms with E-state index in [0.717, 1.165) is 11.3 Å². The van der Waals surface area contributed by atoms with Crippen LogP contribution in [-0.4, -0.2) is 28.6 Å². The molecular weight excluding hydrogens is 230 g/mol. The van der Waals surface area contributed by atoms with E-state index in [9.17, 15) is 9.59 Å². The van der Waals surface area contributed by atoms with Gasteiger partial charge in [0.1, 0.15) is 0 Å². The number of anilines is 1. The fraction of sp³-hybridized carbons (Fsp3) is 0.500. The highest BCUT2D eigenvalue weighted by Crippen LogP contribution is 2.14. The number of hydrogen-bond acceptors (Lipinski definition) is 6. The zero-order valence-corrected chi connectivity index (χ0v) is 9.80. The second-order valence-corrected chi connectivity index (χ2v) is 4.89. The normalized spacial score (nSPS) is 11.1. The van der Waals surface area contributed by atoms with Crippen LogP contribution in [0.25, 0.3) is 0 Å². The van der Waals surface area contributed by atoms with Gasteiger partial charge in [0, 0.05) is 6.54 Å². The number of rotatable bonds is 4. The molecule has 88 valence electrons. The molecule has 5 N–H and O–H groups in total. The van der Waals surface area contributed by atoms with E-state index in [-0.39, 0.29) is 16.7 Å². The molecule has 1 heterocycles. The highest BCUT2D eigenvalue weighted by molar-refractivity contribution is 7.16. The predicted molar refractivity (Wildman–Crippen MR) is 59.6 cm³/mol. The smallest absolute Gasteiger partial charge is 0.282 e. The minimum atomic E-state index is -0.800. The molecule has 1 aromatic heterocycles. The van der Waals surface area contributed by atoms with Crippen LogP contribution < -0.4 is 16.8 Å². The van der Waals surface area contributed by atoms with Crippen molar-refractivity contribution in [3.63, 3.8) is 0 Å². The Hall–Kier alpha value is -1.70. The number of nitrogens with one attached hydrogen (secondary N) is 1. The van der Waals surface area contributed by atoms with Crippen LogP contribution in [0.15, 0.2) is 0 Å². The molecule has 0 bridgehead atoms. The molecule has 0 aliphatic heterocycles. The van der Waals surface area contributed by atoms with Crippen LogP contribution in [0.3, 0.4) is 0 Å². The molecule has 0 aliphatic carbocycles. The van der Waals surface area contributed by atoms with Gasteiger partial charge in [0.15, 0.2) is 0 Å². The number of nitrogens with zero attached hydrogens (tertiary/aromatic N) is 2. The van der Waals surface area contributed by atoms with Crippen molar-refractivity contribution in [1.29, 1.82) is 0 Å². The molecule has 8 heteroatoms. The Morgan fingerprint density at radius 2 is 2.06 bits per heavy atom. The number of amides is 2. The molecule has 0 aromatic carbocycles. The summed E-state index contributed by atoms with van der Waals surface area (Å²) in [7, 11) is 0. The zero-order chi connectivity index (χ0) is 12.3. The first-order chi connectivity index (χ1) is 7.33. The Labute approximate surface area is 96.2 Å². The standard InChI is InChI=1S/C8H13N5O2S/c1-8(2,6(9)15)3-11-4(14)5-12-13-7(10)16-5/h3H2,1-2H3,(H2,9,15)(H2,10,13)(H,11,14). The third-order valence-corrected chi connectivity index (χ3v) is 2.74. The van der Waals surface area contributed by atoms with Gasteiger partial charge in [0.05, 0.1) is 5.41 Å². The third kappa shape index (κ3) is 2.89. The molecule has 0 radical (unpaired) electrons. The molecule has 0 spiro atoms. The summed E-state index contributed by atoms with van der Waals surface area (Å²) < 4.78 is 0. The highest BCUT2D eigenvalue weighted by atomic mass is 32.1. The summed E-state index contributed by atoms with van der Waals surface area (Å²) in [5.41, 5.74) is 9.70. The van der Waals surface area contributed by atoms with E-state index < -0.39 is 17.2 Å². The Bertz CT molecular complexity index is 414. The van der Waals surface area contributed by atoms with Gasteiger partial charge in [-0.3, -0.25) is 9.59 Å². The summed E-state index contributed by atoms with van der Waals surface area (Å²) >= 11 is 0.982. The van der Waals surface area contributed by atoms with Gasteiger partial charge in [-0.25, -0.2) is 0 Å². The molecule has 0 unspecified atom stereocenters. The van der Waals surface area contributed by atoms with Gasteiger partial charge in [0.2, 0.25) is 16.0 Å². The average molecular weight is 243 g/mol. The summed E-state index contributed by atoms with van der Waals surface area (Å²) in [4.78, 5) is 22.5. The van der Waals surface area contributed by atoms with Crippen LogP contribution >= 0.6 is 11.3 Å². The van der Waals surface area contributed by atoms with Gasteiger partial charge in [-0.1, -0.05) is 11.3 Å². The lowest BCUT2D eigenvalue weighted by Crippen LogP contribution is -2.42. The largest absolute Gasteiger partial charge is 0.374 e. The molecule has 0 saturated carbocycles. The lowest BCUT2D eigenvalue weighted by atomic mass is 9.93. The Balaban J connectivity index is 2.57. The lowest BCUT2D eigenvalue weighted by molar-refractivity contribution is -0.125. The summed E-state index contributed by atoms with van der Waals surface area (Å²) in [6.07, 6.45) is 0. The summed E-state index contributed by atoms with van der Waals surface area (Å²) in [6, 6.07) is 0. The Kier molecular flexibility index (Phi) is 3.43. The number of nitrogen functional groups attached to an aromatic ring is 1. The molecular formula is C8H13N5O2S. The summed E-state index contributed by atoms with van der Waals surface area (Å²) in [5, 5.41) is 10.0. The van der Waals surface area contributed by atoms with Crippen LogP contribution in [0.4, 0.5) is 5.13 Å². The van der Waals surface area contributed by atoms with Gasteiger partial charge in [-0.05, 0) is 13.8 Å².